The molecule has 6 nitrogen and oxygen atoms in total. The summed E-state index contributed by atoms with van der Waals surface area (Å²) in [4.78, 5) is 18.9. The van der Waals surface area contributed by atoms with Crippen LogP contribution in [0.25, 0.3) is 26.8 Å². The number of thiazole rings is 1. The number of H-pyrrole nitrogens is 1. The number of nitrogens with one attached hydrogen (secondary N) is 2. The number of fused-ring (bicyclic) bond motifs is 2. The molecule has 4 heterocycles. The molecule has 3 aromatic heterocycles. The third-order valence-corrected chi connectivity index (χ3v) is 5.57. The third-order valence-electron chi connectivity index (χ3n) is 4.78. The third kappa shape index (κ3) is 2.75. The van der Waals surface area contributed by atoms with Crippen molar-refractivity contribution in [3.8, 4) is 0 Å². The summed E-state index contributed by atoms with van der Waals surface area (Å²) in [5.41, 5.74) is 7.23. The summed E-state index contributed by atoms with van der Waals surface area (Å²) in [5.74, 6) is 0.815. The second-order valence-electron chi connectivity index (χ2n) is 6.57. The first kappa shape index (κ1) is 15.5. The highest BCUT2D eigenvalue weighted by molar-refractivity contribution is 7.16. The number of aromatic nitrogens is 4. The van der Waals surface area contributed by atoms with E-state index in [1.54, 1.807) is 17.7 Å². The first-order valence-electron chi connectivity index (χ1n) is 8.58. The molecule has 2 N–H and O–H groups in total. The molecule has 0 fully saturated rings. The first-order valence-corrected chi connectivity index (χ1v) is 9.46. The van der Waals surface area contributed by atoms with Crippen molar-refractivity contribution in [1.82, 2.24) is 24.8 Å². The van der Waals surface area contributed by atoms with Gasteiger partial charge in [0.15, 0.2) is 0 Å². The monoisotopic (exact) mass is 362 g/mol. The molecule has 7 heteroatoms. The molecule has 1 aliphatic heterocycles. The number of benzene rings is 1. The van der Waals surface area contributed by atoms with Gasteiger partial charge in [0.05, 0.1) is 21.1 Å². The van der Waals surface area contributed by atoms with Crippen LogP contribution < -0.4 is 5.32 Å². The van der Waals surface area contributed by atoms with E-state index in [0.717, 1.165) is 58.0 Å². The van der Waals surface area contributed by atoms with Gasteiger partial charge in [-0.15, -0.1) is 11.3 Å². The molecule has 26 heavy (non-hydrogen) atoms. The Morgan fingerprint density at radius 3 is 3.04 bits per heavy atom. The van der Waals surface area contributed by atoms with E-state index in [0.29, 0.717) is 0 Å². The molecule has 0 amide bonds. The van der Waals surface area contributed by atoms with Gasteiger partial charge in [0.25, 0.3) is 0 Å². The molecular weight excluding hydrogens is 344 g/mol. The van der Waals surface area contributed by atoms with Crippen LogP contribution in [0.5, 0.6) is 0 Å². The van der Waals surface area contributed by atoms with Gasteiger partial charge < -0.3 is 15.2 Å². The van der Waals surface area contributed by atoms with Gasteiger partial charge in [0.1, 0.15) is 17.8 Å². The van der Waals surface area contributed by atoms with E-state index in [1.165, 1.54) is 5.57 Å². The molecule has 0 radical (unpaired) electrons. The molecule has 0 aliphatic carbocycles. The van der Waals surface area contributed by atoms with Crippen LogP contribution in [0.15, 0.2) is 42.2 Å². The Hall–Kier alpha value is -2.77. The van der Waals surface area contributed by atoms with Crippen LogP contribution in [0.1, 0.15) is 12.1 Å². The molecule has 5 rings (SSSR count). The fourth-order valence-corrected chi connectivity index (χ4v) is 4.01. The summed E-state index contributed by atoms with van der Waals surface area (Å²) in [6.45, 7) is 2.06. The van der Waals surface area contributed by atoms with Crippen molar-refractivity contribution in [3.63, 3.8) is 0 Å². The minimum Gasteiger partial charge on any atom is -0.340 e. The maximum absolute atomic E-state index is 4.46. The summed E-state index contributed by atoms with van der Waals surface area (Å²) >= 11 is 1.64. The lowest BCUT2D eigenvalue weighted by Crippen LogP contribution is -2.23. The average Bonchev–Trinajstić information content (AvgIpc) is 3.29. The fraction of sp³-hybridized carbons (Fsp3) is 0.211. The number of anilines is 2. The predicted octanol–water partition coefficient (Wildman–Crippen LogP) is 4.03. The number of likely N-dealkylation sites (N-methyl/N-ethyl adjacent to an activating group) is 1. The Morgan fingerprint density at radius 2 is 2.15 bits per heavy atom. The molecule has 1 aliphatic rings. The van der Waals surface area contributed by atoms with E-state index < -0.39 is 0 Å². The Balaban J connectivity index is 1.51. The largest absolute Gasteiger partial charge is 0.340 e. The molecule has 0 unspecified atom stereocenters. The van der Waals surface area contributed by atoms with Gasteiger partial charge in [-0.05, 0) is 43.3 Å². The molecule has 0 atom stereocenters. The van der Waals surface area contributed by atoms with Crippen molar-refractivity contribution in [3.05, 3.63) is 47.9 Å². The zero-order valence-corrected chi connectivity index (χ0v) is 15.2. The summed E-state index contributed by atoms with van der Waals surface area (Å²) in [6.07, 6.45) is 4.92. The second kappa shape index (κ2) is 6.19. The van der Waals surface area contributed by atoms with Crippen LogP contribution in [0.2, 0.25) is 0 Å². The van der Waals surface area contributed by atoms with Crippen LogP contribution in [-0.2, 0) is 0 Å². The van der Waals surface area contributed by atoms with E-state index in [9.17, 15) is 0 Å². The lowest BCUT2D eigenvalue weighted by Gasteiger charge is -2.21. The zero-order valence-electron chi connectivity index (χ0n) is 14.4. The van der Waals surface area contributed by atoms with Gasteiger partial charge in [-0.3, -0.25) is 0 Å². The van der Waals surface area contributed by atoms with Crippen molar-refractivity contribution >= 4 is 49.7 Å². The SMILES string of the molecule is CN1CC=C(c2cc3c(Nc4ccc5ncsc5c4)ncnc3[nH]2)CC1. The molecule has 0 saturated heterocycles. The van der Waals surface area contributed by atoms with E-state index in [2.05, 4.69) is 55.4 Å². The highest BCUT2D eigenvalue weighted by Gasteiger charge is 2.14. The highest BCUT2D eigenvalue weighted by Crippen LogP contribution is 2.30. The number of rotatable bonds is 3. The minimum atomic E-state index is 0.815. The van der Waals surface area contributed by atoms with Gasteiger partial charge in [0, 0.05) is 24.5 Å². The Labute approximate surface area is 154 Å². The lowest BCUT2D eigenvalue weighted by atomic mass is 10.1. The Kier molecular flexibility index (Phi) is 3.69. The zero-order chi connectivity index (χ0) is 17.5. The second-order valence-corrected chi connectivity index (χ2v) is 7.46. The van der Waals surface area contributed by atoms with Crippen molar-refractivity contribution in [2.45, 2.75) is 6.42 Å². The lowest BCUT2D eigenvalue weighted by molar-refractivity contribution is 0.370. The summed E-state index contributed by atoms with van der Waals surface area (Å²) < 4.78 is 1.16. The maximum Gasteiger partial charge on any atom is 0.143 e. The van der Waals surface area contributed by atoms with Gasteiger partial charge in [-0.2, -0.15) is 0 Å². The maximum atomic E-state index is 4.46. The van der Waals surface area contributed by atoms with Crippen molar-refractivity contribution in [2.24, 2.45) is 0 Å². The quantitative estimate of drug-likeness (QED) is 0.576. The van der Waals surface area contributed by atoms with Crippen molar-refractivity contribution in [2.75, 3.05) is 25.5 Å². The molecule has 0 bridgehead atoms. The topological polar surface area (TPSA) is 69.7 Å². The van der Waals surface area contributed by atoms with Gasteiger partial charge in [0.2, 0.25) is 0 Å². The highest BCUT2D eigenvalue weighted by atomic mass is 32.1. The summed E-state index contributed by atoms with van der Waals surface area (Å²) in [7, 11) is 2.14. The van der Waals surface area contributed by atoms with E-state index in [1.807, 2.05) is 17.6 Å². The standard InChI is InChI=1S/C19H18N6S/c1-25-6-4-12(5-7-25)16-9-14-18(20-10-21-19(14)24-16)23-13-2-3-15-17(8-13)26-11-22-15/h2-4,8-11H,5-7H2,1H3,(H2,20,21,23,24). The number of aromatic amines is 1. The van der Waals surface area contributed by atoms with Crippen LogP contribution in [-0.4, -0.2) is 45.0 Å². The molecule has 130 valence electrons. The Bertz CT molecular complexity index is 1130. The number of nitrogens with zero attached hydrogens (tertiary/aromatic N) is 4. The summed E-state index contributed by atoms with van der Waals surface area (Å²) in [6, 6.07) is 8.32. The fourth-order valence-electron chi connectivity index (χ4n) is 3.30. The van der Waals surface area contributed by atoms with E-state index in [-0.39, 0.29) is 0 Å². The predicted molar refractivity (Wildman–Crippen MR) is 107 cm³/mol. The van der Waals surface area contributed by atoms with Crippen molar-refractivity contribution < 1.29 is 0 Å². The van der Waals surface area contributed by atoms with Crippen LogP contribution in [0.4, 0.5) is 11.5 Å². The number of hydrogen-bond donors (Lipinski definition) is 2. The molecule has 1 aromatic carbocycles. The van der Waals surface area contributed by atoms with E-state index in [4.69, 9.17) is 0 Å². The molecule has 4 aromatic rings. The average molecular weight is 362 g/mol. The molecular formula is C19H18N6S. The van der Waals surface area contributed by atoms with E-state index >= 15 is 0 Å². The molecule has 0 spiro atoms. The smallest absolute Gasteiger partial charge is 0.143 e. The summed E-state index contributed by atoms with van der Waals surface area (Å²) in [5, 5.41) is 4.44. The van der Waals surface area contributed by atoms with Gasteiger partial charge in [-0.1, -0.05) is 6.08 Å². The normalized spacial score (nSPS) is 15.5. The van der Waals surface area contributed by atoms with Crippen LogP contribution >= 0.6 is 11.3 Å². The molecule has 0 saturated carbocycles. The Morgan fingerprint density at radius 1 is 1.19 bits per heavy atom. The minimum absolute atomic E-state index is 0.815. The van der Waals surface area contributed by atoms with Gasteiger partial charge in [-0.25, -0.2) is 15.0 Å². The van der Waals surface area contributed by atoms with Crippen LogP contribution in [0, 0.1) is 0 Å². The van der Waals surface area contributed by atoms with Gasteiger partial charge >= 0.3 is 0 Å². The first-order chi connectivity index (χ1) is 12.8. The number of hydrogen-bond acceptors (Lipinski definition) is 6. The van der Waals surface area contributed by atoms with Crippen LogP contribution in [0.3, 0.4) is 0 Å². The van der Waals surface area contributed by atoms with Crippen molar-refractivity contribution in [1.29, 1.82) is 0 Å².